The fourth-order valence-corrected chi connectivity index (χ4v) is 0.956. The quantitative estimate of drug-likeness (QED) is 0.476. The SMILES string of the molecule is O=[PH]1OC(F)C(F)O1. The molecule has 2 atom stereocenters. The minimum Gasteiger partial charge on any atom is -0.269 e. The molecule has 0 amide bonds. The zero-order chi connectivity index (χ0) is 6.15. The average molecular weight is 144 g/mol. The van der Waals surface area contributed by atoms with Crippen LogP contribution in [0.3, 0.4) is 0 Å². The molecule has 0 aromatic carbocycles. The van der Waals surface area contributed by atoms with Gasteiger partial charge in [0.2, 0.25) is 0 Å². The summed E-state index contributed by atoms with van der Waals surface area (Å²) in [5.74, 6) is 0. The Balaban J connectivity index is 2.51. The summed E-state index contributed by atoms with van der Waals surface area (Å²) in [6.45, 7) is 0. The zero-order valence-electron chi connectivity index (χ0n) is 3.64. The van der Waals surface area contributed by atoms with Gasteiger partial charge in [0, 0.05) is 0 Å². The van der Waals surface area contributed by atoms with Gasteiger partial charge >= 0.3 is 8.25 Å². The molecule has 0 aromatic rings. The second kappa shape index (κ2) is 2.09. The molecular formula is C2H3F2O3P. The molecule has 0 saturated carbocycles. The summed E-state index contributed by atoms with van der Waals surface area (Å²) in [6.07, 6.45) is -4.33. The third kappa shape index (κ3) is 1.05. The molecule has 8 heavy (non-hydrogen) atoms. The van der Waals surface area contributed by atoms with Crippen molar-refractivity contribution in [3.8, 4) is 0 Å². The smallest absolute Gasteiger partial charge is 0.269 e. The molecule has 1 rings (SSSR count). The van der Waals surface area contributed by atoms with Gasteiger partial charge in [-0.3, -0.25) is 13.6 Å². The minimum atomic E-state index is -2.85. The van der Waals surface area contributed by atoms with E-state index in [9.17, 15) is 13.3 Å². The van der Waals surface area contributed by atoms with Crippen molar-refractivity contribution in [3.05, 3.63) is 0 Å². The summed E-state index contributed by atoms with van der Waals surface area (Å²) >= 11 is 0. The van der Waals surface area contributed by atoms with Crippen LogP contribution in [0.4, 0.5) is 8.78 Å². The second-order valence-corrected chi connectivity index (χ2v) is 2.16. The molecule has 1 aliphatic rings. The van der Waals surface area contributed by atoms with Crippen LogP contribution in [0.1, 0.15) is 0 Å². The van der Waals surface area contributed by atoms with Gasteiger partial charge in [0.05, 0.1) is 0 Å². The Labute approximate surface area is 44.5 Å². The summed E-state index contributed by atoms with van der Waals surface area (Å²) < 4.78 is 40.8. The summed E-state index contributed by atoms with van der Waals surface area (Å²) in [5, 5.41) is 0. The van der Waals surface area contributed by atoms with E-state index >= 15 is 0 Å². The maximum absolute atomic E-state index is 11.7. The van der Waals surface area contributed by atoms with Crippen LogP contribution < -0.4 is 0 Å². The zero-order valence-corrected chi connectivity index (χ0v) is 4.64. The highest BCUT2D eigenvalue weighted by atomic mass is 31.1. The first-order valence-electron chi connectivity index (χ1n) is 1.85. The van der Waals surface area contributed by atoms with Gasteiger partial charge < -0.3 is 0 Å². The molecule has 2 unspecified atom stereocenters. The number of alkyl halides is 2. The predicted octanol–water partition coefficient (Wildman–Crippen LogP) is 1.01. The van der Waals surface area contributed by atoms with E-state index < -0.39 is 21.0 Å². The standard InChI is InChI=1S/C2H3F2O3P/c3-1-2(4)7-8(5)6-1/h1-2,8H. The topological polar surface area (TPSA) is 35.5 Å². The molecule has 0 aromatic heterocycles. The lowest BCUT2D eigenvalue weighted by Crippen LogP contribution is -2.09. The second-order valence-electron chi connectivity index (χ2n) is 1.19. The highest BCUT2D eigenvalue weighted by Gasteiger charge is 2.33. The number of hydrogen-bond acceptors (Lipinski definition) is 3. The Bertz CT molecular complexity index is 106. The molecule has 0 aliphatic carbocycles. The third-order valence-electron chi connectivity index (χ3n) is 0.624. The van der Waals surface area contributed by atoms with Gasteiger partial charge in [0.25, 0.3) is 12.7 Å². The van der Waals surface area contributed by atoms with E-state index in [2.05, 4.69) is 9.05 Å². The molecule has 0 N–H and O–H groups in total. The van der Waals surface area contributed by atoms with Crippen molar-refractivity contribution >= 4 is 8.25 Å². The molecule has 0 bridgehead atoms. The summed E-state index contributed by atoms with van der Waals surface area (Å²) in [7, 11) is -2.85. The van der Waals surface area contributed by atoms with Gasteiger partial charge in [-0.2, -0.15) is 0 Å². The van der Waals surface area contributed by atoms with Crippen molar-refractivity contribution in [3.63, 3.8) is 0 Å². The van der Waals surface area contributed by atoms with E-state index in [1.54, 1.807) is 0 Å². The van der Waals surface area contributed by atoms with Crippen molar-refractivity contribution in [2.24, 2.45) is 0 Å². The number of halogens is 2. The molecule has 1 aliphatic heterocycles. The van der Waals surface area contributed by atoms with Crippen LogP contribution in [-0.4, -0.2) is 12.7 Å². The highest BCUT2D eigenvalue weighted by Crippen LogP contribution is 2.38. The maximum atomic E-state index is 11.7. The van der Waals surface area contributed by atoms with E-state index in [4.69, 9.17) is 0 Å². The largest absolute Gasteiger partial charge is 0.324 e. The van der Waals surface area contributed by atoms with Crippen LogP contribution in [0.5, 0.6) is 0 Å². The first-order valence-corrected chi connectivity index (χ1v) is 3.08. The lowest BCUT2D eigenvalue weighted by atomic mass is 10.7. The van der Waals surface area contributed by atoms with Crippen molar-refractivity contribution in [1.29, 1.82) is 0 Å². The monoisotopic (exact) mass is 144 g/mol. The molecule has 1 heterocycles. The molecule has 3 nitrogen and oxygen atoms in total. The third-order valence-corrected chi connectivity index (χ3v) is 1.46. The minimum absolute atomic E-state index is 2.17. The van der Waals surface area contributed by atoms with Crippen molar-refractivity contribution < 1.29 is 22.4 Å². The summed E-state index contributed by atoms with van der Waals surface area (Å²) in [4.78, 5) is 0. The van der Waals surface area contributed by atoms with Gasteiger partial charge in [-0.15, -0.1) is 0 Å². The maximum Gasteiger partial charge on any atom is 0.324 e. The molecular weight excluding hydrogens is 141 g/mol. The van der Waals surface area contributed by atoms with Crippen molar-refractivity contribution in [2.75, 3.05) is 0 Å². The van der Waals surface area contributed by atoms with Crippen LogP contribution in [-0.2, 0) is 13.6 Å². The Kier molecular flexibility index (Phi) is 1.60. The van der Waals surface area contributed by atoms with Gasteiger partial charge in [0.15, 0.2) is 0 Å². The molecule has 0 radical (unpaired) electrons. The van der Waals surface area contributed by atoms with E-state index in [0.29, 0.717) is 0 Å². The highest BCUT2D eigenvalue weighted by molar-refractivity contribution is 7.33. The fourth-order valence-electron chi connectivity index (χ4n) is 0.319. The van der Waals surface area contributed by atoms with Crippen LogP contribution >= 0.6 is 8.25 Å². The molecule has 1 saturated heterocycles. The van der Waals surface area contributed by atoms with Gasteiger partial charge in [-0.25, -0.2) is 8.78 Å². The average Bonchev–Trinajstić information content (AvgIpc) is 1.85. The van der Waals surface area contributed by atoms with Crippen LogP contribution in [0, 0.1) is 0 Å². The van der Waals surface area contributed by atoms with Crippen molar-refractivity contribution in [2.45, 2.75) is 12.7 Å². The Morgan fingerprint density at radius 2 is 1.62 bits per heavy atom. The van der Waals surface area contributed by atoms with Crippen LogP contribution in [0.2, 0.25) is 0 Å². The molecule has 1 fully saturated rings. The predicted molar refractivity (Wildman–Crippen MR) is 21.0 cm³/mol. The summed E-state index contributed by atoms with van der Waals surface area (Å²) in [6, 6.07) is 0. The Morgan fingerprint density at radius 1 is 1.25 bits per heavy atom. The van der Waals surface area contributed by atoms with E-state index in [1.165, 1.54) is 0 Å². The number of hydrogen-bond donors (Lipinski definition) is 0. The lowest BCUT2D eigenvalue weighted by Gasteiger charge is -1.92. The molecule has 48 valence electrons. The van der Waals surface area contributed by atoms with E-state index in [-0.39, 0.29) is 0 Å². The summed E-state index contributed by atoms with van der Waals surface area (Å²) in [5.41, 5.74) is 0. The van der Waals surface area contributed by atoms with E-state index in [1.807, 2.05) is 0 Å². The Hall–Kier alpha value is 0.01000. The first kappa shape index (κ1) is 6.13. The fraction of sp³-hybridized carbons (Fsp3) is 1.00. The molecule has 0 spiro atoms. The van der Waals surface area contributed by atoms with Crippen LogP contribution in [0.25, 0.3) is 0 Å². The van der Waals surface area contributed by atoms with Gasteiger partial charge in [0.1, 0.15) is 0 Å². The van der Waals surface area contributed by atoms with Crippen molar-refractivity contribution in [1.82, 2.24) is 0 Å². The lowest BCUT2D eigenvalue weighted by molar-refractivity contribution is -0.0349. The normalized spacial score (nSPS) is 47.5. The van der Waals surface area contributed by atoms with E-state index in [0.717, 1.165) is 0 Å². The van der Waals surface area contributed by atoms with Gasteiger partial charge in [-0.05, 0) is 0 Å². The molecule has 6 heteroatoms. The van der Waals surface area contributed by atoms with Crippen LogP contribution in [0.15, 0.2) is 0 Å². The first-order chi connectivity index (χ1) is 3.70. The van der Waals surface area contributed by atoms with Gasteiger partial charge in [-0.1, -0.05) is 0 Å². The Morgan fingerprint density at radius 3 is 1.75 bits per heavy atom. The number of rotatable bonds is 0.